The number of rotatable bonds is 4. The number of aliphatic hydroxyl groups excluding tert-OH is 1. The Kier molecular flexibility index (Phi) is 4.93. The summed E-state index contributed by atoms with van der Waals surface area (Å²) in [4.78, 5) is 17.2. The second-order valence-electron chi connectivity index (χ2n) is 7.35. The monoisotopic (exact) mass is 350 g/mol. The Morgan fingerprint density at radius 3 is 2.65 bits per heavy atom. The Bertz CT molecular complexity index is 762. The van der Waals surface area contributed by atoms with Crippen LogP contribution in [-0.2, 0) is 17.6 Å². The molecule has 1 N–H and O–H groups in total. The summed E-state index contributed by atoms with van der Waals surface area (Å²) in [6.45, 7) is 2.03. The van der Waals surface area contributed by atoms with Crippen molar-refractivity contribution in [1.29, 1.82) is 0 Å². The number of anilines is 1. The van der Waals surface area contributed by atoms with Crippen molar-refractivity contribution >= 4 is 11.6 Å². The van der Waals surface area contributed by atoms with Gasteiger partial charge in [0, 0.05) is 18.8 Å². The highest BCUT2D eigenvalue weighted by atomic mass is 16.3. The molecule has 0 unspecified atom stereocenters. The number of carbonyl (C=O) groups is 1. The van der Waals surface area contributed by atoms with E-state index in [0.29, 0.717) is 13.0 Å². The molecule has 0 saturated carbocycles. The second kappa shape index (κ2) is 7.50. The van der Waals surface area contributed by atoms with Crippen LogP contribution in [0.3, 0.4) is 0 Å². The number of para-hydroxylation sites is 1. The Labute approximate surface area is 155 Å². The quantitative estimate of drug-likeness (QED) is 0.922. The van der Waals surface area contributed by atoms with E-state index >= 15 is 0 Å². The maximum absolute atomic E-state index is 13.1. The number of hydrogen-bond acceptors (Lipinski definition) is 3. The van der Waals surface area contributed by atoms with Crippen molar-refractivity contribution in [1.82, 2.24) is 4.90 Å². The van der Waals surface area contributed by atoms with Gasteiger partial charge in [-0.15, -0.1) is 0 Å². The third-order valence-electron chi connectivity index (χ3n) is 5.66. The molecule has 0 radical (unpaired) electrons. The van der Waals surface area contributed by atoms with Crippen molar-refractivity contribution in [3.63, 3.8) is 0 Å². The summed E-state index contributed by atoms with van der Waals surface area (Å²) in [6.07, 6.45) is 2.91. The SMILES string of the molecule is O=C(CN1CCc2ccccc21)N1CCC[C@H](O)[C@@H]1Cc1ccccc1. The highest BCUT2D eigenvalue weighted by Crippen LogP contribution is 2.28. The Morgan fingerprint density at radius 1 is 1.04 bits per heavy atom. The first-order valence-corrected chi connectivity index (χ1v) is 9.56. The molecule has 4 rings (SSSR count). The largest absolute Gasteiger partial charge is 0.391 e. The fraction of sp³-hybridized carbons (Fsp3) is 0.409. The van der Waals surface area contributed by atoms with E-state index in [1.54, 1.807) is 0 Å². The first-order valence-electron chi connectivity index (χ1n) is 9.56. The number of hydrogen-bond donors (Lipinski definition) is 1. The molecule has 0 spiro atoms. The lowest BCUT2D eigenvalue weighted by Crippen LogP contribution is -2.54. The number of nitrogens with zero attached hydrogens (tertiary/aromatic N) is 2. The first kappa shape index (κ1) is 17.1. The van der Waals surface area contributed by atoms with Crippen LogP contribution in [0.25, 0.3) is 0 Å². The summed E-state index contributed by atoms with van der Waals surface area (Å²) in [7, 11) is 0. The minimum Gasteiger partial charge on any atom is -0.391 e. The van der Waals surface area contributed by atoms with Gasteiger partial charge in [-0.05, 0) is 42.9 Å². The van der Waals surface area contributed by atoms with Crippen molar-refractivity contribution in [3.05, 3.63) is 65.7 Å². The molecule has 1 amide bonds. The van der Waals surface area contributed by atoms with Gasteiger partial charge in [-0.2, -0.15) is 0 Å². The average Bonchev–Trinajstić information content (AvgIpc) is 3.07. The molecule has 2 aliphatic rings. The summed E-state index contributed by atoms with van der Waals surface area (Å²) < 4.78 is 0. The molecule has 2 aliphatic heterocycles. The number of likely N-dealkylation sites (tertiary alicyclic amines) is 1. The van der Waals surface area contributed by atoms with Crippen LogP contribution >= 0.6 is 0 Å². The van der Waals surface area contributed by atoms with Crippen molar-refractivity contribution in [3.8, 4) is 0 Å². The molecular formula is C22H26N2O2. The summed E-state index contributed by atoms with van der Waals surface area (Å²) in [5.41, 5.74) is 3.67. The highest BCUT2D eigenvalue weighted by molar-refractivity contribution is 5.83. The molecule has 136 valence electrons. The summed E-state index contributed by atoms with van der Waals surface area (Å²) in [5, 5.41) is 10.6. The molecular weight excluding hydrogens is 324 g/mol. The zero-order valence-corrected chi connectivity index (χ0v) is 15.1. The van der Waals surface area contributed by atoms with Crippen LogP contribution in [0.5, 0.6) is 0 Å². The van der Waals surface area contributed by atoms with Crippen LogP contribution < -0.4 is 4.90 Å². The first-order chi connectivity index (χ1) is 12.7. The predicted octanol–water partition coefficient (Wildman–Crippen LogP) is 2.64. The third-order valence-corrected chi connectivity index (χ3v) is 5.66. The van der Waals surface area contributed by atoms with Gasteiger partial charge >= 0.3 is 0 Å². The third kappa shape index (κ3) is 3.47. The van der Waals surface area contributed by atoms with E-state index in [2.05, 4.69) is 35.2 Å². The van der Waals surface area contributed by atoms with Crippen molar-refractivity contribution in [2.75, 3.05) is 24.5 Å². The van der Waals surface area contributed by atoms with E-state index in [1.165, 1.54) is 16.8 Å². The fourth-order valence-electron chi connectivity index (χ4n) is 4.27. The lowest BCUT2D eigenvalue weighted by atomic mass is 9.93. The molecule has 0 bridgehead atoms. The topological polar surface area (TPSA) is 43.8 Å². The molecule has 2 heterocycles. The van der Waals surface area contributed by atoms with Gasteiger partial charge in [0.2, 0.25) is 5.91 Å². The minimum absolute atomic E-state index is 0.126. The Morgan fingerprint density at radius 2 is 1.81 bits per heavy atom. The molecule has 2 aromatic rings. The molecule has 26 heavy (non-hydrogen) atoms. The molecule has 1 saturated heterocycles. The zero-order chi connectivity index (χ0) is 17.9. The highest BCUT2D eigenvalue weighted by Gasteiger charge is 2.34. The van der Waals surface area contributed by atoms with Gasteiger partial charge < -0.3 is 14.9 Å². The van der Waals surface area contributed by atoms with Gasteiger partial charge in [-0.1, -0.05) is 48.5 Å². The Balaban J connectivity index is 1.48. The number of fused-ring (bicyclic) bond motifs is 1. The smallest absolute Gasteiger partial charge is 0.242 e. The van der Waals surface area contributed by atoms with Crippen LogP contribution in [0.15, 0.2) is 54.6 Å². The van der Waals surface area contributed by atoms with Crippen LogP contribution in [0.2, 0.25) is 0 Å². The molecule has 0 aliphatic carbocycles. The number of amides is 1. The van der Waals surface area contributed by atoms with E-state index in [9.17, 15) is 9.90 Å². The fourth-order valence-corrected chi connectivity index (χ4v) is 4.27. The van der Waals surface area contributed by atoms with E-state index < -0.39 is 6.10 Å². The van der Waals surface area contributed by atoms with Crippen LogP contribution in [0, 0.1) is 0 Å². The van der Waals surface area contributed by atoms with Gasteiger partial charge in [0.25, 0.3) is 0 Å². The summed E-state index contributed by atoms with van der Waals surface area (Å²) in [5.74, 6) is 0.126. The number of aliphatic hydroxyl groups is 1. The van der Waals surface area contributed by atoms with E-state index in [4.69, 9.17) is 0 Å². The molecule has 2 atom stereocenters. The van der Waals surface area contributed by atoms with Gasteiger partial charge in [0.1, 0.15) is 0 Å². The Hall–Kier alpha value is -2.33. The zero-order valence-electron chi connectivity index (χ0n) is 15.1. The second-order valence-corrected chi connectivity index (χ2v) is 7.35. The van der Waals surface area contributed by atoms with Crippen LogP contribution in [0.4, 0.5) is 5.69 Å². The number of benzene rings is 2. The van der Waals surface area contributed by atoms with E-state index in [-0.39, 0.29) is 11.9 Å². The lowest BCUT2D eigenvalue weighted by Gasteiger charge is -2.40. The minimum atomic E-state index is -0.446. The maximum Gasteiger partial charge on any atom is 0.242 e. The normalized spacial score (nSPS) is 22.3. The molecule has 0 aromatic heterocycles. The maximum atomic E-state index is 13.1. The molecule has 2 aromatic carbocycles. The van der Waals surface area contributed by atoms with Crippen molar-refractivity contribution in [2.24, 2.45) is 0 Å². The molecule has 4 heteroatoms. The predicted molar refractivity (Wildman–Crippen MR) is 103 cm³/mol. The average molecular weight is 350 g/mol. The molecule has 4 nitrogen and oxygen atoms in total. The van der Waals surface area contributed by atoms with Gasteiger partial charge in [-0.3, -0.25) is 4.79 Å². The number of carbonyl (C=O) groups excluding carboxylic acids is 1. The van der Waals surface area contributed by atoms with Crippen LogP contribution in [-0.4, -0.2) is 47.7 Å². The van der Waals surface area contributed by atoms with Crippen molar-refractivity contribution in [2.45, 2.75) is 37.8 Å². The van der Waals surface area contributed by atoms with E-state index in [1.807, 2.05) is 29.2 Å². The van der Waals surface area contributed by atoms with Gasteiger partial charge in [-0.25, -0.2) is 0 Å². The van der Waals surface area contributed by atoms with Crippen molar-refractivity contribution < 1.29 is 9.90 Å². The standard InChI is InChI=1S/C22H26N2O2/c25-21-11-6-13-24(20(21)15-17-7-2-1-3-8-17)22(26)16-23-14-12-18-9-4-5-10-19(18)23/h1-5,7-10,20-21,25H,6,11-16H2/t20-,21-/m0/s1. The number of piperidine rings is 1. The van der Waals surface area contributed by atoms with Gasteiger partial charge in [0.15, 0.2) is 0 Å². The van der Waals surface area contributed by atoms with E-state index in [0.717, 1.165) is 32.4 Å². The summed E-state index contributed by atoms with van der Waals surface area (Å²) >= 11 is 0. The van der Waals surface area contributed by atoms with Crippen LogP contribution in [0.1, 0.15) is 24.0 Å². The molecule has 1 fully saturated rings. The summed E-state index contributed by atoms with van der Waals surface area (Å²) in [6, 6.07) is 18.4. The van der Waals surface area contributed by atoms with Gasteiger partial charge in [0.05, 0.1) is 18.7 Å². The lowest BCUT2D eigenvalue weighted by molar-refractivity contribution is -0.137.